The molecular weight excluding hydrogens is 116 g/mol. The van der Waals surface area contributed by atoms with E-state index in [2.05, 4.69) is 18.1 Å². The highest BCUT2D eigenvalue weighted by Gasteiger charge is 1.79. The Balaban J connectivity index is 0. The van der Waals surface area contributed by atoms with Crippen LogP contribution >= 0.6 is 0 Å². The van der Waals surface area contributed by atoms with Crippen molar-refractivity contribution in [1.82, 2.24) is 5.48 Å². The van der Waals surface area contributed by atoms with Crippen molar-refractivity contribution in [2.24, 2.45) is 5.73 Å². The van der Waals surface area contributed by atoms with Crippen LogP contribution in [0.2, 0.25) is 0 Å². The van der Waals surface area contributed by atoms with E-state index in [-0.39, 0.29) is 0 Å². The predicted molar refractivity (Wildman–Crippen MR) is 39.4 cm³/mol. The molecule has 0 aliphatic carbocycles. The van der Waals surface area contributed by atoms with Crippen molar-refractivity contribution in [3.05, 3.63) is 0 Å². The van der Waals surface area contributed by atoms with Gasteiger partial charge in [0.05, 0.1) is 0 Å². The van der Waals surface area contributed by atoms with Crippen LogP contribution in [0.4, 0.5) is 0 Å². The Hall–Kier alpha value is -0.120. The molecule has 0 atom stereocenters. The Morgan fingerprint density at radius 2 is 1.89 bits per heavy atom. The van der Waals surface area contributed by atoms with E-state index in [9.17, 15) is 0 Å². The van der Waals surface area contributed by atoms with Crippen LogP contribution in [0.5, 0.6) is 0 Å². The van der Waals surface area contributed by atoms with E-state index in [0.29, 0.717) is 0 Å². The number of nitrogens with two attached hydrogens (primary N) is 1. The van der Waals surface area contributed by atoms with E-state index >= 15 is 0 Å². The average Bonchev–Trinajstić information content (AvgIpc) is 1.94. The molecule has 4 N–H and O–H groups in total. The van der Waals surface area contributed by atoms with Crippen molar-refractivity contribution >= 4 is 0 Å². The van der Waals surface area contributed by atoms with Crippen LogP contribution in [0.3, 0.4) is 0 Å². The lowest BCUT2D eigenvalue weighted by Crippen LogP contribution is -2.07. The molecule has 0 aromatic carbocycles. The van der Waals surface area contributed by atoms with Gasteiger partial charge in [-0.3, -0.25) is 0 Å². The standard InChI is InChI=1S/C5H13NO.CH5N/c1-2-3-4-5-6-7;1-2/h6-7H,2-5H2,1H3;2H2,1H3. The maximum absolute atomic E-state index is 8.04. The smallest absolute Gasteiger partial charge is 0.0207 e. The van der Waals surface area contributed by atoms with Gasteiger partial charge in [0.1, 0.15) is 0 Å². The van der Waals surface area contributed by atoms with Gasteiger partial charge in [0.25, 0.3) is 0 Å². The number of hydrogen-bond acceptors (Lipinski definition) is 3. The van der Waals surface area contributed by atoms with Gasteiger partial charge in [-0.15, -0.1) is 0 Å². The average molecular weight is 134 g/mol. The Morgan fingerprint density at radius 1 is 1.33 bits per heavy atom. The van der Waals surface area contributed by atoms with Crippen LogP contribution in [-0.4, -0.2) is 18.8 Å². The normalized spacial score (nSPS) is 8.00. The zero-order valence-electron chi connectivity index (χ0n) is 6.35. The van der Waals surface area contributed by atoms with Gasteiger partial charge in [-0.2, -0.15) is 0 Å². The number of hydrogen-bond donors (Lipinski definition) is 3. The minimum Gasteiger partial charge on any atom is -0.333 e. The van der Waals surface area contributed by atoms with Crippen LogP contribution in [0, 0.1) is 0 Å². The highest BCUT2D eigenvalue weighted by Crippen LogP contribution is 1.89. The van der Waals surface area contributed by atoms with E-state index < -0.39 is 0 Å². The number of rotatable bonds is 4. The fourth-order valence-electron chi connectivity index (χ4n) is 0.454. The number of hydroxylamine groups is 1. The second-order valence-electron chi connectivity index (χ2n) is 1.62. The van der Waals surface area contributed by atoms with E-state index in [0.717, 1.165) is 13.0 Å². The maximum Gasteiger partial charge on any atom is 0.0207 e. The molecule has 0 rings (SSSR count). The van der Waals surface area contributed by atoms with Crippen LogP contribution in [-0.2, 0) is 0 Å². The van der Waals surface area contributed by atoms with Gasteiger partial charge >= 0.3 is 0 Å². The Kier molecular flexibility index (Phi) is 20.3. The second kappa shape index (κ2) is 15.7. The third kappa shape index (κ3) is 18.1. The van der Waals surface area contributed by atoms with Gasteiger partial charge in [-0.05, 0) is 13.5 Å². The Morgan fingerprint density at radius 3 is 2.22 bits per heavy atom. The summed E-state index contributed by atoms with van der Waals surface area (Å²) in [7, 11) is 1.50. The zero-order chi connectivity index (χ0) is 7.54. The molecule has 0 bridgehead atoms. The summed E-state index contributed by atoms with van der Waals surface area (Å²) in [6, 6.07) is 0. The molecule has 0 heterocycles. The summed E-state index contributed by atoms with van der Waals surface area (Å²) in [4.78, 5) is 0. The molecule has 0 fully saturated rings. The second-order valence-corrected chi connectivity index (χ2v) is 1.62. The van der Waals surface area contributed by atoms with Crippen molar-refractivity contribution in [2.45, 2.75) is 26.2 Å². The fraction of sp³-hybridized carbons (Fsp3) is 1.00. The topological polar surface area (TPSA) is 58.3 Å². The van der Waals surface area contributed by atoms with E-state index in [1.54, 1.807) is 0 Å². The van der Waals surface area contributed by atoms with Crippen molar-refractivity contribution < 1.29 is 5.21 Å². The van der Waals surface area contributed by atoms with Gasteiger partial charge in [0.2, 0.25) is 0 Å². The maximum atomic E-state index is 8.04. The van der Waals surface area contributed by atoms with Crippen LogP contribution < -0.4 is 11.2 Å². The van der Waals surface area contributed by atoms with Crippen LogP contribution in [0.15, 0.2) is 0 Å². The zero-order valence-corrected chi connectivity index (χ0v) is 6.35. The lowest BCUT2D eigenvalue weighted by molar-refractivity contribution is 0.165. The van der Waals surface area contributed by atoms with Crippen molar-refractivity contribution in [1.29, 1.82) is 0 Å². The van der Waals surface area contributed by atoms with Crippen LogP contribution in [0.1, 0.15) is 26.2 Å². The lowest BCUT2D eigenvalue weighted by atomic mass is 10.3. The van der Waals surface area contributed by atoms with E-state index in [4.69, 9.17) is 5.21 Å². The number of nitrogens with one attached hydrogen (secondary N) is 1. The molecule has 58 valence electrons. The summed E-state index contributed by atoms with van der Waals surface area (Å²) in [5.41, 5.74) is 6.60. The monoisotopic (exact) mass is 134 g/mol. The molecule has 0 aliphatic heterocycles. The molecule has 0 saturated carbocycles. The third-order valence-corrected chi connectivity index (χ3v) is 0.892. The highest BCUT2D eigenvalue weighted by molar-refractivity contribution is 4.36. The lowest BCUT2D eigenvalue weighted by Gasteiger charge is -1.92. The summed E-state index contributed by atoms with van der Waals surface area (Å²) in [6.07, 6.45) is 3.49. The van der Waals surface area contributed by atoms with Crippen molar-refractivity contribution in [3.8, 4) is 0 Å². The Labute approximate surface area is 57.2 Å². The minimum absolute atomic E-state index is 0.730. The summed E-state index contributed by atoms with van der Waals surface area (Å²) in [5.74, 6) is 0. The molecule has 0 aromatic heterocycles. The van der Waals surface area contributed by atoms with Gasteiger partial charge in [-0.1, -0.05) is 19.8 Å². The molecule has 0 radical (unpaired) electrons. The minimum atomic E-state index is 0.730. The van der Waals surface area contributed by atoms with Gasteiger partial charge in [0.15, 0.2) is 0 Å². The molecule has 0 aliphatic rings. The summed E-state index contributed by atoms with van der Waals surface area (Å²) < 4.78 is 0. The van der Waals surface area contributed by atoms with Gasteiger partial charge in [0, 0.05) is 6.54 Å². The summed E-state index contributed by atoms with van der Waals surface area (Å²) >= 11 is 0. The van der Waals surface area contributed by atoms with Gasteiger partial charge < -0.3 is 10.9 Å². The predicted octanol–water partition coefficient (Wildman–Crippen LogP) is 0.730. The molecule has 0 amide bonds. The highest BCUT2D eigenvalue weighted by atomic mass is 16.5. The number of unbranched alkanes of at least 4 members (excludes halogenated alkanes) is 2. The fourth-order valence-corrected chi connectivity index (χ4v) is 0.454. The van der Waals surface area contributed by atoms with Crippen molar-refractivity contribution in [2.75, 3.05) is 13.6 Å². The largest absolute Gasteiger partial charge is 0.333 e. The van der Waals surface area contributed by atoms with Crippen LogP contribution in [0.25, 0.3) is 0 Å². The molecule has 0 saturated heterocycles. The van der Waals surface area contributed by atoms with Gasteiger partial charge in [-0.25, -0.2) is 5.48 Å². The first-order valence-corrected chi connectivity index (χ1v) is 3.36. The molecular formula is C6H18N2O. The van der Waals surface area contributed by atoms with E-state index in [1.807, 2.05) is 0 Å². The SMILES string of the molecule is CCCCCNO.CN. The molecule has 0 unspecified atom stereocenters. The van der Waals surface area contributed by atoms with Crippen molar-refractivity contribution in [3.63, 3.8) is 0 Å². The molecule has 0 aromatic rings. The molecule has 0 spiro atoms. The molecule has 3 heteroatoms. The first kappa shape index (κ1) is 11.6. The first-order valence-electron chi connectivity index (χ1n) is 3.36. The summed E-state index contributed by atoms with van der Waals surface area (Å²) in [5, 5.41) is 8.04. The Bertz CT molecular complexity index is 30.2. The first-order chi connectivity index (χ1) is 4.41. The quantitative estimate of drug-likeness (QED) is 0.392. The van der Waals surface area contributed by atoms with E-state index in [1.165, 1.54) is 19.9 Å². The summed E-state index contributed by atoms with van der Waals surface area (Å²) in [6.45, 7) is 2.87. The molecule has 3 nitrogen and oxygen atoms in total. The third-order valence-electron chi connectivity index (χ3n) is 0.892. The molecule has 9 heavy (non-hydrogen) atoms.